The first kappa shape index (κ1) is 20.1. The van der Waals surface area contributed by atoms with Gasteiger partial charge in [-0.3, -0.25) is 4.99 Å². The minimum atomic E-state index is -0.714. The molecular formula is C28H17N3O2. The minimum absolute atomic E-state index is 0.471. The van der Waals surface area contributed by atoms with Crippen LogP contribution in [0.15, 0.2) is 108 Å². The first-order valence-electron chi connectivity index (χ1n) is 10.3. The molecule has 0 N–H and O–H groups in total. The van der Waals surface area contributed by atoms with Crippen molar-refractivity contribution in [2.45, 2.75) is 5.41 Å². The number of nitrogens with zero attached hydrogens (tertiary/aromatic N) is 3. The van der Waals surface area contributed by atoms with Crippen molar-refractivity contribution in [2.24, 2.45) is 4.99 Å². The second-order valence-electron chi connectivity index (χ2n) is 7.53. The molecule has 1 aliphatic heterocycles. The lowest BCUT2D eigenvalue weighted by atomic mass is 9.66. The molecule has 0 unspecified atom stereocenters. The summed E-state index contributed by atoms with van der Waals surface area (Å²) in [6.45, 7) is 0. The normalized spacial score (nSPS) is 13.2. The van der Waals surface area contributed by atoms with E-state index in [-0.39, 0.29) is 0 Å². The Morgan fingerprint density at radius 2 is 1.12 bits per heavy atom. The highest BCUT2D eigenvalue weighted by atomic mass is 16.5. The van der Waals surface area contributed by atoms with E-state index < -0.39 is 5.41 Å². The molecule has 1 heterocycles. The summed E-state index contributed by atoms with van der Waals surface area (Å²) in [6, 6.07) is 33.2. The van der Waals surface area contributed by atoms with Crippen molar-refractivity contribution in [3.63, 3.8) is 0 Å². The van der Waals surface area contributed by atoms with E-state index in [1.165, 1.54) is 0 Å². The SMILES string of the molecule is N#COc1ccc(C2(c3ccc(OC#N)cc3)C(c3ccccc3)=Nc3ccccc32)cc1. The summed E-state index contributed by atoms with van der Waals surface area (Å²) < 4.78 is 10.0. The summed E-state index contributed by atoms with van der Waals surface area (Å²) in [5.41, 5.74) is 5.09. The van der Waals surface area contributed by atoms with Gasteiger partial charge in [-0.2, -0.15) is 0 Å². The van der Waals surface area contributed by atoms with Gasteiger partial charge < -0.3 is 9.47 Å². The first-order chi connectivity index (χ1) is 16.3. The van der Waals surface area contributed by atoms with Crippen LogP contribution in [-0.2, 0) is 5.41 Å². The Morgan fingerprint density at radius 3 is 1.67 bits per heavy atom. The molecule has 156 valence electrons. The molecule has 0 saturated heterocycles. The molecule has 0 spiro atoms. The van der Waals surface area contributed by atoms with E-state index in [1.54, 1.807) is 36.8 Å². The molecule has 33 heavy (non-hydrogen) atoms. The van der Waals surface area contributed by atoms with Gasteiger partial charge in [0.05, 0.1) is 16.8 Å². The molecule has 5 rings (SSSR count). The fourth-order valence-electron chi connectivity index (χ4n) is 4.50. The monoisotopic (exact) mass is 427 g/mol. The summed E-state index contributed by atoms with van der Waals surface area (Å²) in [5.74, 6) is 0.942. The van der Waals surface area contributed by atoms with E-state index in [1.807, 2.05) is 60.7 Å². The Kier molecular flexibility index (Phi) is 5.07. The Balaban J connectivity index is 1.81. The summed E-state index contributed by atoms with van der Waals surface area (Å²) >= 11 is 0. The van der Waals surface area contributed by atoms with Gasteiger partial charge in [0.1, 0.15) is 11.5 Å². The molecule has 5 heteroatoms. The number of hydrogen-bond donors (Lipinski definition) is 0. The molecule has 0 saturated carbocycles. The molecule has 4 aromatic rings. The van der Waals surface area contributed by atoms with E-state index in [2.05, 4.69) is 18.2 Å². The highest BCUT2D eigenvalue weighted by Gasteiger charge is 2.47. The van der Waals surface area contributed by atoms with Gasteiger partial charge in [-0.15, -0.1) is 10.5 Å². The smallest absolute Gasteiger partial charge is 0.292 e. The Morgan fingerprint density at radius 1 is 0.606 bits per heavy atom. The van der Waals surface area contributed by atoms with E-state index in [4.69, 9.17) is 25.0 Å². The van der Waals surface area contributed by atoms with Crippen molar-refractivity contribution in [1.29, 1.82) is 10.5 Å². The molecule has 1 aliphatic rings. The highest BCUT2D eigenvalue weighted by molar-refractivity contribution is 6.17. The lowest BCUT2D eigenvalue weighted by Gasteiger charge is -2.34. The van der Waals surface area contributed by atoms with Crippen LogP contribution in [0.4, 0.5) is 5.69 Å². The van der Waals surface area contributed by atoms with Gasteiger partial charge in [0, 0.05) is 0 Å². The molecule has 0 aromatic heterocycles. The zero-order valence-corrected chi connectivity index (χ0v) is 17.5. The number of ether oxygens (including phenoxy) is 2. The van der Waals surface area contributed by atoms with Crippen LogP contribution in [-0.4, -0.2) is 5.71 Å². The number of fused-ring (bicyclic) bond motifs is 1. The molecular weight excluding hydrogens is 410 g/mol. The Bertz CT molecular complexity index is 1350. The Hall–Kier alpha value is -4.87. The van der Waals surface area contributed by atoms with Gasteiger partial charge in [0.2, 0.25) is 0 Å². The van der Waals surface area contributed by atoms with Gasteiger partial charge in [-0.1, -0.05) is 72.8 Å². The maximum atomic E-state index is 8.89. The van der Waals surface area contributed by atoms with Crippen molar-refractivity contribution in [1.82, 2.24) is 0 Å². The van der Waals surface area contributed by atoms with Crippen LogP contribution < -0.4 is 9.47 Å². The quantitative estimate of drug-likeness (QED) is 0.373. The third-order valence-corrected chi connectivity index (χ3v) is 5.84. The summed E-state index contributed by atoms with van der Waals surface area (Å²) in [4.78, 5) is 5.10. The molecule has 4 aromatic carbocycles. The second-order valence-corrected chi connectivity index (χ2v) is 7.53. The van der Waals surface area contributed by atoms with E-state index in [0.717, 1.165) is 33.7 Å². The van der Waals surface area contributed by atoms with Gasteiger partial charge >= 0.3 is 0 Å². The minimum Gasteiger partial charge on any atom is -0.388 e. The van der Waals surface area contributed by atoms with Crippen molar-refractivity contribution < 1.29 is 9.47 Å². The predicted molar refractivity (Wildman–Crippen MR) is 124 cm³/mol. The maximum Gasteiger partial charge on any atom is 0.292 e. The topological polar surface area (TPSA) is 78.4 Å². The highest BCUT2D eigenvalue weighted by Crippen LogP contribution is 2.51. The zero-order chi connectivity index (χ0) is 22.7. The molecule has 0 atom stereocenters. The van der Waals surface area contributed by atoms with Crippen LogP contribution in [0.2, 0.25) is 0 Å². The van der Waals surface area contributed by atoms with Crippen LogP contribution >= 0.6 is 0 Å². The summed E-state index contributed by atoms with van der Waals surface area (Å²) in [7, 11) is 0. The maximum absolute atomic E-state index is 8.89. The molecule has 0 aliphatic carbocycles. The number of benzene rings is 4. The number of rotatable bonds is 5. The summed E-state index contributed by atoms with van der Waals surface area (Å²) in [6.07, 6.45) is 3.44. The summed E-state index contributed by atoms with van der Waals surface area (Å²) in [5, 5.41) is 17.8. The molecule has 0 fully saturated rings. The molecule has 0 bridgehead atoms. The van der Waals surface area contributed by atoms with Crippen LogP contribution in [0.3, 0.4) is 0 Å². The van der Waals surface area contributed by atoms with Crippen molar-refractivity contribution >= 4 is 11.4 Å². The third kappa shape index (κ3) is 3.29. The van der Waals surface area contributed by atoms with Crippen LogP contribution in [0.5, 0.6) is 11.5 Å². The lowest BCUT2D eigenvalue weighted by Crippen LogP contribution is -2.36. The second kappa shape index (κ2) is 8.34. The van der Waals surface area contributed by atoms with Crippen molar-refractivity contribution in [3.8, 4) is 24.0 Å². The average Bonchev–Trinajstić information content (AvgIpc) is 3.22. The fourth-order valence-corrected chi connectivity index (χ4v) is 4.50. The van der Waals surface area contributed by atoms with Gasteiger partial charge in [-0.05, 0) is 52.6 Å². The number of hydrogen-bond acceptors (Lipinski definition) is 5. The van der Waals surface area contributed by atoms with E-state index >= 15 is 0 Å². The molecule has 0 radical (unpaired) electrons. The van der Waals surface area contributed by atoms with Gasteiger partial charge in [0.15, 0.2) is 0 Å². The number of nitriles is 2. The van der Waals surface area contributed by atoms with Gasteiger partial charge in [-0.25, -0.2) is 0 Å². The van der Waals surface area contributed by atoms with Crippen LogP contribution in [0, 0.1) is 23.0 Å². The molecule has 5 nitrogen and oxygen atoms in total. The Labute approximate surface area is 191 Å². The lowest BCUT2D eigenvalue weighted by molar-refractivity contribution is 0.506. The van der Waals surface area contributed by atoms with Crippen molar-refractivity contribution in [3.05, 3.63) is 125 Å². The van der Waals surface area contributed by atoms with Crippen LogP contribution in [0.25, 0.3) is 0 Å². The largest absolute Gasteiger partial charge is 0.388 e. The van der Waals surface area contributed by atoms with E-state index in [9.17, 15) is 0 Å². The van der Waals surface area contributed by atoms with E-state index in [0.29, 0.717) is 11.5 Å². The average molecular weight is 427 g/mol. The number of aliphatic imine (C=N–C) groups is 1. The van der Waals surface area contributed by atoms with Gasteiger partial charge in [0.25, 0.3) is 12.5 Å². The standard InChI is InChI=1S/C28H17N3O2/c29-18-32-23-14-10-21(11-15-23)28(22-12-16-24(17-13-22)33-19-30)25-8-4-5-9-26(25)31-27(28)20-6-2-1-3-7-20/h1-17H. The molecule has 0 amide bonds. The predicted octanol–water partition coefficient (Wildman–Crippen LogP) is 5.88. The third-order valence-electron chi connectivity index (χ3n) is 5.84. The fraction of sp³-hybridized carbons (Fsp3) is 0.0357. The number of para-hydroxylation sites is 1. The van der Waals surface area contributed by atoms with Crippen molar-refractivity contribution in [2.75, 3.05) is 0 Å². The zero-order valence-electron chi connectivity index (χ0n) is 17.5. The van der Waals surface area contributed by atoms with Crippen LogP contribution in [0.1, 0.15) is 22.3 Å². The first-order valence-corrected chi connectivity index (χ1v) is 10.3.